The summed E-state index contributed by atoms with van der Waals surface area (Å²) in [6.07, 6.45) is 1.76. The Morgan fingerprint density at radius 1 is 1.27 bits per heavy atom. The summed E-state index contributed by atoms with van der Waals surface area (Å²) in [6.45, 7) is 5.18. The summed E-state index contributed by atoms with van der Waals surface area (Å²) in [7, 11) is 0. The van der Waals surface area contributed by atoms with E-state index in [2.05, 4.69) is 20.4 Å². The van der Waals surface area contributed by atoms with Crippen molar-refractivity contribution in [2.45, 2.75) is 32.7 Å². The molecule has 0 radical (unpaired) electrons. The van der Waals surface area contributed by atoms with E-state index in [1.807, 2.05) is 37.3 Å². The van der Waals surface area contributed by atoms with E-state index in [4.69, 9.17) is 4.52 Å². The molecule has 6 nitrogen and oxygen atoms in total. The van der Waals surface area contributed by atoms with Crippen LogP contribution in [-0.2, 0) is 4.79 Å². The number of hydrogen-bond acceptors (Lipinski definition) is 5. The zero-order chi connectivity index (χ0) is 21.1. The molecule has 156 valence electrons. The van der Waals surface area contributed by atoms with Gasteiger partial charge in [-0.2, -0.15) is 4.98 Å². The van der Waals surface area contributed by atoms with E-state index in [-0.39, 0.29) is 23.7 Å². The lowest BCUT2D eigenvalue weighted by atomic mass is 9.96. The average Bonchev–Trinajstić information content (AvgIpc) is 3.26. The van der Waals surface area contributed by atoms with Gasteiger partial charge in [0.05, 0.1) is 12.0 Å². The molecule has 1 aliphatic rings. The number of para-hydroxylation sites is 1. The molecule has 30 heavy (non-hydrogen) atoms. The minimum Gasteiger partial charge on any atom is -0.337 e. The summed E-state index contributed by atoms with van der Waals surface area (Å²) in [5.41, 5.74) is 1.96. The molecule has 4 rings (SSSR count). The maximum Gasteiger partial charge on any atom is 0.244 e. The van der Waals surface area contributed by atoms with E-state index in [1.54, 1.807) is 19.1 Å². The number of piperidine rings is 1. The van der Waals surface area contributed by atoms with Crippen molar-refractivity contribution in [3.63, 3.8) is 0 Å². The smallest absolute Gasteiger partial charge is 0.244 e. The summed E-state index contributed by atoms with van der Waals surface area (Å²) in [4.78, 5) is 19.4. The quantitative estimate of drug-likeness (QED) is 0.668. The number of likely N-dealkylation sites (tertiary alicyclic amines) is 1. The molecule has 7 heteroatoms. The lowest BCUT2D eigenvalue weighted by Crippen LogP contribution is -2.41. The number of benzene rings is 2. The second-order valence-corrected chi connectivity index (χ2v) is 7.79. The fourth-order valence-corrected chi connectivity index (χ4v) is 3.75. The third-order valence-corrected chi connectivity index (χ3v) is 5.64. The largest absolute Gasteiger partial charge is 0.337 e. The number of aromatic nitrogens is 2. The molecule has 2 aromatic carbocycles. The van der Waals surface area contributed by atoms with Crippen molar-refractivity contribution in [3.05, 3.63) is 65.8 Å². The Balaban J connectivity index is 1.43. The lowest BCUT2D eigenvalue weighted by Gasteiger charge is -2.34. The molecule has 1 N–H and O–H groups in total. The SMILES string of the molecule is Cc1ccc(-c2noc([C@@H](C)N3CCC[C@H](C(=O)Nc4ccccc4)C3)n2)cc1F. The molecule has 0 saturated carbocycles. The van der Waals surface area contributed by atoms with Crippen LogP contribution < -0.4 is 5.32 Å². The van der Waals surface area contributed by atoms with Crippen molar-refractivity contribution in [2.75, 3.05) is 18.4 Å². The van der Waals surface area contributed by atoms with Crippen LogP contribution in [0.1, 0.15) is 37.3 Å². The normalized spacial score (nSPS) is 18.2. The number of carbonyl (C=O) groups excluding carboxylic acids is 1. The Labute approximate surface area is 175 Å². The predicted molar refractivity (Wildman–Crippen MR) is 112 cm³/mol. The van der Waals surface area contributed by atoms with Gasteiger partial charge in [-0.25, -0.2) is 4.39 Å². The third-order valence-electron chi connectivity index (χ3n) is 5.64. The van der Waals surface area contributed by atoms with Crippen LogP contribution in [0.25, 0.3) is 11.4 Å². The van der Waals surface area contributed by atoms with Crippen LogP contribution in [0, 0.1) is 18.7 Å². The molecule has 0 bridgehead atoms. The highest BCUT2D eigenvalue weighted by molar-refractivity contribution is 5.92. The van der Waals surface area contributed by atoms with Crippen LogP contribution in [0.2, 0.25) is 0 Å². The van der Waals surface area contributed by atoms with Gasteiger partial charge in [-0.05, 0) is 57.0 Å². The topological polar surface area (TPSA) is 71.3 Å². The van der Waals surface area contributed by atoms with Gasteiger partial charge in [-0.3, -0.25) is 9.69 Å². The van der Waals surface area contributed by atoms with Crippen LogP contribution in [0.15, 0.2) is 53.1 Å². The number of aryl methyl sites for hydroxylation is 1. The number of halogens is 1. The molecule has 1 fully saturated rings. The minimum atomic E-state index is -0.296. The molecule has 1 aromatic heterocycles. The van der Waals surface area contributed by atoms with Gasteiger partial charge >= 0.3 is 0 Å². The Morgan fingerprint density at radius 3 is 2.83 bits per heavy atom. The Morgan fingerprint density at radius 2 is 2.07 bits per heavy atom. The van der Waals surface area contributed by atoms with Gasteiger partial charge < -0.3 is 9.84 Å². The van der Waals surface area contributed by atoms with Gasteiger partial charge in [0.25, 0.3) is 0 Å². The van der Waals surface area contributed by atoms with Crippen molar-refractivity contribution < 1.29 is 13.7 Å². The van der Waals surface area contributed by atoms with Crippen molar-refractivity contribution in [3.8, 4) is 11.4 Å². The first kappa shape index (κ1) is 20.2. The van der Waals surface area contributed by atoms with Crippen LogP contribution in [0.5, 0.6) is 0 Å². The number of nitrogens with zero attached hydrogens (tertiary/aromatic N) is 3. The highest BCUT2D eigenvalue weighted by Crippen LogP contribution is 2.28. The molecule has 1 saturated heterocycles. The van der Waals surface area contributed by atoms with E-state index in [0.29, 0.717) is 29.4 Å². The van der Waals surface area contributed by atoms with Crippen LogP contribution in [0.3, 0.4) is 0 Å². The first-order valence-corrected chi connectivity index (χ1v) is 10.2. The van der Waals surface area contributed by atoms with Crippen molar-refractivity contribution >= 4 is 11.6 Å². The average molecular weight is 408 g/mol. The molecule has 3 aromatic rings. The summed E-state index contributed by atoms with van der Waals surface area (Å²) in [6, 6.07) is 14.3. The molecule has 2 atom stereocenters. The highest BCUT2D eigenvalue weighted by atomic mass is 19.1. The van der Waals surface area contributed by atoms with Crippen molar-refractivity contribution in [1.29, 1.82) is 0 Å². The lowest BCUT2D eigenvalue weighted by molar-refractivity contribution is -0.121. The number of rotatable bonds is 5. The maximum atomic E-state index is 13.9. The summed E-state index contributed by atoms with van der Waals surface area (Å²) in [5, 5.41) is 7.02. The molecule has 0 spiro atoms. The van der Waals surface area contributed by atoms with Gasteiger partial charge in [0.2, 0.25) is 17.6 Å². The van der Waals surface area contributed by atoms with E-state index < -0.39 is 0 Å². The second-order valence-electron chi connectivity index (χ2n) is 7.79. The number of carbonyl (C=O) groups is 1. The second kappa shape index (κ2) is 8.75. The summed E-state index contributed by atoms with van der Waals surface area (Å²) in [5.74, 6) is 0.464. The monoisotopic (exact) mass is 408 g/mol. The van der Waals surface area contributed by atoms with Crippen LogP contribution in [0.4, 0.5) is 10.1 Å². The van der Waals surface area contributed by atoms with Crippen molar-refractivity contribution in [1.82, 2.24) is 15.0 Å². The Kier molecular flexibility index (Phi) is 5.90. The highest BCUT2D eigenvalue weighted by Gasteiger charge is 2.31. The zero-order valence-corrected chi connectivity index (χ0v) is 17.1. The van der Waals surface area contributed by atoms with Crippen molar-refractivity contribution in [2.24, 2.45) is 5.92 Å². The first-order valence-electron chi connectivity index (χ1n) is 10.2. The summed E-state index contributed by atoms with van der Waals surface area (Å²) < 4.78 is 19.3. The first-order chi connectivity index (χ1) is 14.5. The fourth-order valence-electron chi connectivity index (χ4n) is 3.75. The van der Waals surface area contributed by atoms with Gasteiger partial charge in [0.15, 0.2) is 0 Å². The number of nitrogens with one attached hydrogen (secondary N) is 1. The van der Waals surface area contributed by atoms with Gasteiger partial charge in [-0.15, -0.1) is 0 Å². The maximum absolute atomic E-state index is 13.9. The molecule has 0 unspecified atom stereocenters. The molecule has 2 heterocycles. The number of hydrogen-bond donors (Lipinski definition) is 1. The fraction of sp³-hybridized carbons (Fsp3) is 0.348. The molecule has 1 aliphatic heterocycles. The van der Waals surface area contributed by atoms with E-state index in [0.717, 1.165) is 25.1 Å². The number of amides is 1. The predicted octanol–water partition coefficient (Wildman–Crippen LogP) is 4.60. The van der Waals surface area contributed by atoms with E-state index in [1.165, 1.54) is 6.07 Å². The molecular weight excluding hydrogens is 383 g/mol. The Hall–Kier alpha value is -3.06. The van der Waals surface area contributed by atoms with Crippen LogP contribution >= 0.6 is 0 Å². The minimum absolute atomic E-state index is 0.0273. The van der Waals surface area contributed by atoms with Gasteiger partial charge in [-0.1, -0.05) is 35.5 Å². The number of anilines is 1. The molecule has 1 amide bonds. The Bertz CT molecular complexity index is 1020. The summed E-state index contributed by atoms with van der Waals surface area (Å²) >= 11 is 0. The molecule has 0 aliphatic carbocycles. The zero-order valence-electron chi connectivity index (χ0n) is 17.1. The van der Waals surface area contributed by atoms with Crippen LogP contribution in [-0.4, -0.2) is 34.0 Å². The van der Waals surface area contributed by atoms with Gasteiger partial charge in [0.1, 0.15) is 5.82 Å². The van der Waals surface area contributed by atoms with E-state index >= 15 is 0 Å². The molecular formula is C23H25FN4O2. The standard InChI is InChI=1S/C23H25FN4O2/c1-15-10-11-17(13-20(15)24)21-26-23(30-27-21)16(2)28-12-6-7-18(14-28)22(29)25-19-8-4-3-5-9-19/h3-5,8-11,13,16,18H,6-7,12,14H2,1-2H3,(H,25,29)/t16-,18+/m1/s1. The van der Waals surface area contributed by atoms with E-state index in [9.17, 15) is 9.18 Å². The third kappa shape index (κ3) is 4.41. The van der Waals surface area contributed by atoms with Gasteiger partial charge in [0, 0.05) is 17.8 Å².